The van der Waals surface area contributed by atoms with Crippen LogP contribution in [0.2, 0.25) is 0 Å². The van der Waals surface area contributed by atoms with E-state index in [1.807, 2.05) is 12.1 Å². The lowest BCUT2D eigenvalue weighted by Crippen LogP contribution is -2.16. The average Bonchev–Trinajstić information content (AvgIpc) is 3.84. The first-order valence-corrected chi connectivity index (χ1v) is 17.9. The van der Waals surface area contributed by atoms with E-state index in [9.17, 15) is 0 Å². The minimum absolute atomic E-state index is 0.121. The van der Waals surface area contributed by atoms with Gasteiger partial charge in [-0.2, -0.15) is 0 Å². The summed E-state index contributed by atoms with van der Waals surface area (Å²) in [6.07, 6.45) is 0. The van der Waals surface area contributed by atoms with Gasteiger partial charge in [-0.05, 0) is 70.3 Å². The Morgan fingerprint density at radius 2 is 1.02 bits per heavy atom. The molecule has 10 aromatic rings. The van der Waals surface area contributed by atoms with Gasteiger partial charge in [0.25, 0.3) is 0 Å². The molecule has 0 N–H and O–H groups in total. The minimum Gasteiger partial charge on any atom is -0.455 e. The zero-order valence-electron chi connectivity index (χ0n) is 28.9. The Kier molecular flexibility index (Phi) is 6.01. The van der Waals surface area contributed by atoms with Crippen LogP contribution in [0.4, 0.5) is 17.1 Å². The first-order chi connectivity index (χ1) is 25.6. The Hall–Kier alpha value is -6.58. The van der Waals surface area contributed by atoms with E-state index in [-0.39, 0.29) is 5.41 Å². The molecule has 0 fully saturated rings. The van der Waals surface area contributed by atoms with Gasteiger partial charge in [0.15, 0.2) is 0 Å². The quantitative estimate of drug-likeness (QED) is 0.187. The summed E-state index contributed by atoms with van der Waals surface area (Å²) in [5.74, 6) is 0. The van der Waals surface area contributed by atoms with Gasteiger partial charge < -0.3 is 13.7 Å². The highest BCUT2D eigenvalue weighted by molar-refractivity contribution is 6.24. The molecule has 0 saturated heterocycles. The molecule has 3 nitrogen and oxygen atoms in total. The van der Waals surface area contributed by atoms with E-state index in [0.29, 0.717) is 0 Å². The van der Waals surface area contributed by atoms with Gasteiger partial charge in [-0.15, -0.1) is 0 Å². The molecule has 52 heavy (non-hydrogen) atoms. The molecule has 0 bridgehead atoms. The molecule has 2 aromatic heterocycles. The molecular formula is C49H33NO2. The summed E-state index contributed by atoms with van der Waals surface area (Å²) >= 11 is 0. The third kappa shape index (κ3) is 4.02. The summed E-state index contributed by atoms with van der Waals surface area (Å²) in [6, 6.07) is 58.6. The van der Waals surface area contributed by atoms with Crippen molar-refractivity contribution in [2.75, 3.05) is 4.90 Å². The van der Waals surface area contributed by atoms with Gasteiger partial charge in [0, 0.05) is 54.7 Å². The molecule has 0 spiro atoms. The van der Waals surface area contributed by atoms with Crippen molar-refractivity contribution < 1.29 is 8.83 Å². The summed E-state index contributed by atoms with van der Waals surface area (Å²) in [5.41, 5.74) is 14.2. The van der Waals surface area contributed by atoms with Crippen molar-refractivity contribution in [1.82, 2.24) is 0 Å². The van der Waals surface area contributed by atoms with Crippen molar-refractivity contribution >= 4 is 71.7 Å². The second-order valence-electron chi connectivity index (χ2n) is 14.5. The van der Waals surface area contributed by atoms with Crippen molar-refractivity contribution in [3.63, 3.8) is 0 Å². The first-order valence-electron chi connectivity index (χ1n) is 17.9. The Morgan fingerprint density at radius 3 is 1.90 bits per heavy atom. The normalized spacial score (nSPS) is 13.3. The van der Waals surface area contributed by atoms with Crippen LogP contribution in [0.3, 0.4) is 0 Å². The van der Waals surface area contributed by atoms with E-state index in [4.69, 9.17) is 8.83 Å². The van der Waals surface area contributed by atoms with Crippen molar-refractivity contribution in [2.45, 2.75) is 19.3 Å². The van der Waals surface area contributed by atoms with Gasteiger partial charge in [-0.1, -0.05) is 135 Å². The lowest BCUT2D eigenvalue weighted by Gasteiger charge is -2.29. The molecule has 2 heterocycles. The number of anilines is 3. The monoisotopic (exact) mass is 667 g/mol. The number of nitrogens with zero attached hydrogens (tertiary/aromatic N) is 1. The largest absolute Gasteiger partial charge is 0.455 e. The van der Waals surface area contributed by atoms with Crippen LogP contribution < -0.4 is 4.90 Å². The highest BCUT2D eigenvalue weighted by Gasteiger charge is 2.36. The number of hydrogen-bond donors (Lipinski definition) is 0. The number of fused-ring (bicyclic) bond motifs is 11. The summed E-state index contributed by atoms with van der Waals surface area (Å²) < 4.78 is 13.4. The fourth-order valence-electron chi connectivity index (χ4n) is 8.83. The van der Waals surface area contributed by atoms with Crippen LogP contribution in [-0.4, -0.2) is 0 Å². The maximum absolute atomic E-state index is 6.82. The topological polar surface area (TPSA) is 29.5 Å². The molecule has 246 valence electrons. The van der Waals surface area contributed by atoms with E-state index in [2.05, 4.69) is 170 Å². The number of furan rings is 2. The van der Waals surface area contributed by atoms with Crippen molar-refractivity contribution in [3.8, 4) is 22.3 Å². The van der Waals surface area contributed by atoms with Crippen molar-refractivity contribution in [3.05, 3.63) is 175 Å². The van der Waals surface area contributed by atoms with Crippen LogP contribution in [0.15, 0.2) is 173 Å². The van der Waals surface area contributed by atoms with Gasteiger partial charge in [0.1, 0.15) is 22.3 Å². The summed E-state index contributed by atoms with van der Waals surface area (Å²) in [4.78, 5) is 2.42. The third-order valence-corrected chi connectivity index (χ3v) is 11.3. The molecule has 1 aliphatic carbocycles. The van der Waals surface area contributed by atoms with Crippen molar-refractivity contribution in [1.29, 1.82) is 0 Å². The maximum atomic E-state index is 6.82. The number of para-hydroxylation sites is 3. The van der Waals surface area contributed by atoms with Gasteiger partial charge >= 0.3 is 0 Å². The SMILES string of the molecule is CC1(C)c2ccccc2-c2ccc(N(c3ccccc3)c3cc4c(oc5cccc(-c6cccc7c6oc6ccccc67)c54)c4ccccc34)cc21. The molecule has 0 radical (unpaired) electrons. The molecule has 8 aromatic carbocycles. The van der Waals surface area contributed by atoms with E-state index < -0.39 is 0 Å². The highest BCUT2D eigenvalue weighted by atomic mass is 16.3. The lowest BCUT2D eigenvalue weighted by molar-refractivity contribution is 0.660. The van der Waals surface area contributed by atoms with E-state index in [1.54, 1.807) is 0 Å². The minimum atomic E-state index is -0.121. The second kappa shape index (κ2) is 10.7. The van der Waals surface area contributed by atoms with E-state index >= 15 is 0 Å². The Labute approximate surface area is 301 Å². The summed E-state index contributed by atoms with van der Waals surface area (Å²) in [5, 5.41) is 6.59. The molecule has 0 atom stereocenters. The lowest BCUT2D eigenvalue weighted by atomic mass is 9.82. The summed E-state index contributed by atoms with van der Waals surface area (Å²) in [7, 11) is 0. The van der Waals surface area contributed by atoms with Gasteiger partial charge in [-0.3, -0.25) is 0 Å². The van der Waals surface area contributed by atoms with Crippen LogP contribution in [0.5, 0.6) is 0 Å². The second-order valence-corrected chi connectivity index (χ2v) is 14.5. The van der Waals surface area contributed by atoms with Crippen molar-refractivity contribution in [2.24, 2.45) is 0 Å². The van der Waals surface area contributed by atoms with Crippen LogP contribution in [-0.2, 0) is 5.41 Å². The summed E-state index contributed by atoms with van der Waals surface area (Å²) in [6.45, 7) is 4.69. The maximum Gasteiger partial charge on any atom is 0.143 e. The van der Waals surface area contributed by atoms with Gasteiger partial charge in [-0.25, -0.2) is 0 Å². The molecule has 0 unspecified atom stereocenters. The fraction of sp³-hybridized carbons (Fsp3) is 0.0612. The van der Waals surface area contributed by atoms with Crippen LogP contribution >= 0.6 is 0 Å². The zero-order chi connectivity index (χ0) is 34.6. The standard InChI is InChI=1S/C49H33NO2/c1-49(2)41-23-10-8-16-32(41)33-27-26-31(28-42(33)49)50(30-14-4-3-5-15-30)43-29-40-46-36(20-13-25-45(46)52-48(40)37-19-7-6-17-34(37)43)39-22-12-21-38-35-18-9-11-24-44(35)51-47(38)39/h3-29H,1-2H3. The first kappa shape index (κ1) is 29.2. The van der Waals surface area contributed by atoms with Gasteiger partial charge in [0.2, 0.25) is 0 Å². The van der Waals surface area contributed by atoms with E-state index in [0.717, 1.165) is 82.8 Å². The molecule has 3 heteroatoms. The van der Waals surface area contributed by atoms with Gasteiger partial charge in [0.05, 0.1) is 5.69 Å². The van der Waals surface area contributed by atoms with E-state index in [1.165, 1.54) is 22.3 Å². The molecule has 0 saturated carbocycles. The molecular weight excluding hydrogens is 635 g/mol. The van der Waals surface area contributed by atoms with Crippen LogP contribution in [0.1, 0.15) is 25.0 Å². The van der Waals surface area contributed by atoms with Crippen LogP contribution in [0.25, 0.3) is 76.9 Å². The highest BCUT2D eigenvalue weighted by Crippen LogP contribution is 2.52. The third-order valence-electron chi connectivity index (χ3n) is 11.3. The van der Waals surface area contributed by atoms with Crippen LogP contribution in [0, 0.1) is 0 Å². The Bertz CT molecular complexity index is 3050. The predicted molar refractivity (Wildman–Crippen MR) is 216 cm³/mol. The molecule has 0 amide bonds. The number of rotatable bonds is 4. The Morgan fingerprint density at radius 1 is 0.404 bits per heavy atom. The average molecular weight is 668 g/mol. The zero-order valence-corrected chi connectivity index (χ0v) is 28.9. The fourth-order valence-corrected chi connectivity index (χ4v) is 8.83. The molecule has 11 rings (SSSR count). The molecule has 0 aliphatic heterocycles. The molecule has 1 aliphatic rings. The number of benzene rings is 8. The smallest absolute Gasteiger partial charge is 0.143 e. The predicted octanol–water partition coefficient (Wildman–Crippen LogP) is 14.1. The number of hydrogen-bond acceptors (Lipinski definition) is 3. The Balaban J connectivity index is 1.20.